The number of methoxy groups -OCH3 is 1. The van der Waals surface area contributed by atoms with E-state index in [4.69, 9.17) is 15.6 Å². The molecular weight excluding hydrogens is 253 g/mol. The normalized spacial score (nSPS) is 16.2. The van der Waals surface area contributed by atoms with E-state index in [0.717, 1.165) is 23.5 Å². The fourth-order valence-corrected chi connectivity index (χ4v) is 2.08. The van der Waals surface area contributed by atoms with Gasteiger partial charge in [0.15, 0.2) is 0 Å². The van der Waals surface area contributed by atoms with Crippen molar-refractivity contribution in [3.05, 3.63) is 23.8 Å². The molecule has 106 valence electrons. The van der Waals surface area contributed by atoms with Gasteiger partial charge in [-0.1, -0.05) is 25.2 Å². The van der Waals surface area contributed by atoms with Crippen molar-refractivity contribution in [2.45, 2.75) is 25.5 Å². The van der Waals surface area contributed by atoms with Crippen molar-refractivity contribution in [1.29, 1.82) is 0 Å². The van der Waals surface area contributed by atoms with Crippen LogP contribution in [0.25, 0.3) is 0 Å². The van der Waals surface area contributed by atoms with Gasteiger partial charge < -0.3 is 15.6 Å². The Bertz CT molecular complexity index is 259. The second-order valence-corrected chi connectivity index (χ2v) is 4.94. The van der Waals surface area contributed by atoms with Crippen LogP contribution >= 0.6 is 11.8 Å². The molecule has 0 aromatic carbocycles. The number of allylic oxidation sites excluding steroid dienone is 1. The van der Waals surface area contributed by atoms with E-state index in [2.05, 4.69) is 0 Å². The third-order valence-corrected chi connectivity index (χ3v) is 3.25. The van der Waals surface area contributed by atoms with Crippen LogP contribution in [-0.4, -0.2) is 49.1 Å². The van der Waals surface area contributed by atoms with E-state index in [9.17, 15) is 4.39 Å². The van der Waals surface area contributed by atoms with Gasteiger partial charge in [-0.15, -0.1) is 0 Å². The first-order valence-corrected chi connectivity index (χ1v) is 7.26. The van der Waals surface area contributed by atoms with Crippen LogP contribution in [0.15, 0.2) is 23.8 Å². The van der Waals surface area contributed by atoms with Gasteiger partial charge in [-0.05, 0) is 12.0 Å². The molecule has 0 spiro atoms. The van der Waals surface area contributed by atoms with E-state index in [1.165, 1.54) is 7.11 Å². The maximum atomic E-state index is 12.6. The Kier molecular flexibility index (Phi) is 11.5. The third-order valence-electron chi connectivity index (χ3n) is 2.35. The van der Waals surface area contributed by atoms with Crippen LogP contribution in [0.2, 0.25) is 0 Å². The van der Waals surface area contributed by atoms with Crippen molar-refractivity contribution >= 4 is 11.8 Å². The van der Waals surface area contributed by atoms with Crippen molar-refractivity contribution < 1.29 is 14.2 Å². The highest BCUT2D eigenvalue weighted by Crippen LogP contribution is 2.14. The number of aliphatic hydroxyl groups is 1. The largest absolute Gasteiger partial charge is 0.396 e. The summed E-state index contributed by atoms with van der Waals surface area (Å²) < 4.78 is 17.9. The molecule has 0 aromatic heterocycles. The average molecular weight is 277 g/mol. The fraction of sp³-hybridized carbons (Fsp3) is 0.692. The fourth-order valence-electron chi connectivity index (χ4n) is 1.55. The first-order chi connectivity index (χ1) is 8.71. The van der Waals surface area contributed by atoms with Gasteiger partial charge >= 0.3 is 0 Å². The molecule has 0 saturated carbocycles. The third kappa shape index (κ3) is 7.16. The molecule has 0 fully saturated rings. The molecule has 0 heterocycles. The van der Waals surface area contributed by atoms with Crippen LogP contribution in [0, 0.1) is 0 Å². The van der Waals surface area contributed by atoms with E-state index in [1.807, 2.05) is 25.2 Å². The van der Waals surface area contributed by atoms with Crippen molar-refractivity contribution in [2.75, 3.05) is 31.9 Å². The maximum Gasteiger partial charge on any atom is 0.107 e. The number of nitrogens with two attached hydrogens (primary N) is 1. The Morgan fingerprint density at radius 3 is 2.78 bits per heavy atom. The summed E-state index contributed by atoms with van der Waals surface area (Å²) >= 11 is 1.64. The number of aliphatic hydroxyl groups excluding tert-OH is 1. The smallest absolute Gasteiger partial charge is 0.107 e. The monoisotopic (exact) mass is 277 g/mol. The molecule has 0 aliphatic heterocycles. The van der Waals surface area contributed by atoms with Gasteiger partial charge in [0, 0.05) is 18.6 Å². The zero-order valence-electron chi connectivity index (χ0n) is 11.1. The highest BCUT2D eigenvalue weighted by atomic mass is 32.2. The van der Waals surface area contributed by atoms with Gasteiger partial charge in [0.2, 0.25) is 0 Å². The van der Waals surface area contributed by atoms with Gasteiger partial charge in [0.25, 0.3) is 0 Å². The zero-order chi connectivity index (χ0) is 13.8. The van der Waals surface area contributed by atoms with Crippen LogP contribution in [0.1, 0.15) is 13.3 Å². The summed E-state index contributed by atoms with van der Waals surface area (Å²) in [6, 6.07) is -0.637. The minimum atomic E-state index is -0.637. The topological polar surface area (TPSA) is 55.5 Å². The molecule has 0 bridgehead atoms. The molecule has 0 amide bonds. The van der Waals surface area contributed by atoms with E-state index < -0.39 is 18.8 Å². The second kappa shape index (κ2) is 11.7. The van der Waals surface area contributed by atoms with Crippen LogP contribution in [0.5, 0.6) is 0 Å². The average Bonchev–Trinajstić information content (AvgIpc) is 2.38. The first kappa shape index (κ1) is 17.6. The lowest BCUT2D eigenvalue weighted by Crippen LogP contribution is -2.39. The summed E-state index contributed by atoms with van der Waals surface area (Å²) in [5.74, 6) is 1.53. The molecular formula is C13H24FNO2S. The van der Waals surface area contributed by atoms with Crippen molar-refractivity contribution in [3.8, 4) is 0 Å². The Morgan fingerprint density at radius 1 is 1.56 bits per heavy atom. The number of halogens is 1. The van der Waals surface area contributed by atoms with Crippen molar-refractivity contribution in [1.82, 2.24) is 0 Å². The van der Waals surface area contributed by atoms with E-state index in [0.29, 0.717) is 0 Å². The summed E-state index contributed by atoms with van der Waals surface area (Å²) in [5.41, 5.74) is 6.61. The Balaban J connectivity index is 4.49. The van der Waals surface area contributed by atoms with Gasteiger partial charge in [0.1, 0.15) is 6.67 Å². The predicted molar refractivity (Wildman–Crippen MR) is 76.7 cm³/mol. The van der Waals surface area contributed by atoms with Crippen LogP contribution in [-0.2, 0) is 4.74 Å². The number of hydrogen-bond acceptors (Lipinski definition) is 4. The van der Waals surface area contributed by atoms with E-state index in [-0.39, 0.29) is 6.61 Å². The highest BCUT2D eigenvalue weighted by Gasteiger charge is 2.19. The summed E-state index contributed by atoms with van der Waals surface area (Å²) in [6.45, 7) is 1.60. The van der Waals surface area contributed by atoms with Crippen molar-refractivity contribution in [3.63, 3.8) is 0 Å². The summed E-state index contributed by atoms with van der Waals surface area (Å²) in [5, 5.41) is 8.66. The summed E-state index contributed by atoms with van der Waals surface area (Å²) in [6.07, 6.45) is 6.35. The SMILES string of the molecule is CC/C=C(\C=C/CSCCO)C(OC)C(N)CF. The summed E-state index contributed by atoms with van der Waals surface area (Å²) in [7, 11) is 1.54. The Labute approximate surface area is 113 Å². The number of thioether (sulfide) groups is 1. The molecule has 18 heavy (non-hydrogen) atoms. The molecule has 0 radical (unpaired) electrons. The molecule has 0 aliphatic carbocycles. The molecule has 2 unspecified atom stereocenters. The molecule has 3 nitrogen and oxygen atoms in total. The lowest BCUT2D eigenvalue weighted by Gasteiger charge is -2.21. The second-order valence-electron chi connectivity index (χ2n) is 3.79. The Hall–Kier alpha value is -0.360. The van der Waals surface area contributed by atoms with Gasteiger partial charge in [0.05, 0.1) is 18.8 Å². The number of hydrogen-bond donors (Lipinski definition) is 2. The molecule has 3 N–H and O–H groups in total. The van der Waals surface area contributed by atoms with Crippen LogP contribution in [0.3, 0.4) is 0 Å². The quantitative estimate of drug-likeness (QED) is 0.473. The minimum Gasteiger partial charge on any atom is -0.396 e. The van der Waals surface area contributed by atoms with E-state index >= 15 is 0 Å². The van der Waals surface area contributed by atoms with Crippen LogP contribution < -0.4 is 5.73 Å². The molecule has 0 aromatic rings. The van der Waals surface area contributed by atoms with Crippen LogP contribution in [0.4, 0.5) is 4.39 Å². The van der Waals surface area contributed by atoms with Gasteiger partial charge in [-0.25, -0.2) is 4.39 Å². The van der Waals surface area contributed by atoms with Crippen molar-refractivity contribution in [2.24, 2.45) is 5.73 Å². The molecule has 5 heteroatoms. The summed E-state index contributed by atoms with van der Waals surface area (Å²) in [4.78, 5) is 0. The highest BCUT2D eigenvalue weighted by molar-refractivity contribution is 7.99. The maximum absolute atomic E-state index is 12.6. The molecule has 0 saturated heterocycles. The lowest BCUT2D eigenvalue weighted by atomic mass is 10.0. The molecule has 0 rings (SSSR count). The molecule has 0 aliphatic rings. The minimum absolute atomic E-state index is 0.184. The van der Waals surface area contributed by atoms with Gasteiger partial charge in [-0.3, -0.25) is 0 Å². The Morgan fingerprint density at radius 2 is 2.28 bits per heavy atom. The zero-order valence-corrected chi connectivity index (χ0v) is 12.0. The number of alkyl halides is 1. The van der Waals surface area contributed by atoms with Gasteiger partial charge in [-0.2, -0.15) is 11.8 Å². The number of ether oxygens (including phenoxy) is 1. The lowest BCUT2D eigenvalue weighted by molar-refractivity contribution is 0.102. The number of rotatable bonds is 10. The van der Waals surface area contributed by atoms with E-state index in [1.54, 1.807) is 11.8 Å². The standard InChI is InChI=1S/C13H24FNO2S/c1-3-5-11(6-4-8-18-9-7-16)13(17-2)12(15)10-14/h4-6,12-13,16H,3,7-10,15H2,1-2H3/b6-4-,11-5+. The first-order valence-electron chi connectivity index (χ1n) is 6.10. The predicted octanol–water partition coefficient (Wildman–Crippen LogP) is 1.92. The molecule has 2 atom stereocenters.